The molecule has 0 unspecified atom stereocenters. The lowest BCUT2D eigenvalue weighted by molar-refractivity contribution is 0.427. The van der Waals surface area contributed by atoms with E-state index in [4.69, 9.17) is 4.74 Å². The molecule has 0 aliphatic rings. The van der Waals surface area contributed by atoms with Gasteiger partial charge in [0, 0.05) is 4.70 Å². The smallest absolute Gasteiger partial charge is 0.174 e. The van der Waals surface area contributed by atoms with Gasteiger partial charge in [-0.2, -0.15) is 0 Å². The lowest BCUT2D eigenvalue weighted by Gasteiger charge is -1.91. The molecule has 0 radical (unpaired) electrons. The van der Waals surface area contributed by atoms with Crippen molar-refractivity contribution in [2.75, 3.05) is 7.11 Å². The Labute approximate surface area is 75.6 Å². The highest BCUT2D eigenvalue weighted by Gasteiger charge is 2.02. The van der Waals surface area contributed by atoms with E-state index in [1.807, 2.05) is 0 Å². The zero-order valence-electron chi connectivity index (χ0n) is 7.13. The topological polar surface area (TPSA) is 9.23 Å². The van der Waals surface area contributed by atoms with Crippen LogP contribution in [0.25, 0.3) is 10.1 Å². The van der Waals surface area contributed by atoms with E-state index in [0.29, 0.717) is 0 Å². The number of hydrogen-bond donors (Lipinski definition) is 0. The fourth-order valence-electron chi connectivity index (χ4n) is 1.29. The van der Waals surface area contributed by atoms with Crippen molar-refractivity contribution in [3.05, 3.63) is 29.8 Å². The second-order valence-electron chi connectivity index (χ2n) is 2.76. The molecule has 0 saturated carbocycles. The predicted octanol–water partition coefficient (Wildman–Crippen LogP) is 3.22. The summed E-state index contributed by atoms with van der Waals surface area (Å²) in [5.74, 6) is 0. The molecule has 0 N–H and O–H groups in total. The first-order valence-corrected chi connectivity index (χ1v) is 4.66. The van der Waals surface area contributed by atoms with Crippen molar-refractivity contribution in [2.45, 2.75) is 6.92 Å². The molecular weight excluding hydrogens is 168 g/mol. The summed E-state index contributed by atoms with van der Waals surface area (Å²) in [6.07, 6.45) is 0. The number of fused-ring (bicyclic) bond motifs is 1. The molecule has 1 heterocycles. The van der Waals surface area contributed by atoms with Crippen molar-refractivity contribution in [1.29, 1.82) is 0 Å². The van der Waals surface area contributed by atoms with Crippen LogP contribution in [-0.4, -0.2) is 7.11 Å². The Kier molecular flexibility index (Phi) is 1.77. The first kappa shape index (κ1) is 7.62. The Morgan fingerprint density at radius 2 is 2.17 bits per heavy atom. The van der Waals surface area contributed by atoms with E-state index >= 15 is 0 Å². The van der Waals surface area contributed by atoms with Gasteiger partial charge >= 0.3 is 0 Å². The van der Waals surface area contributed by atoms with Gasteiger partial charge in [0.1, 0.15) is 0 Å². The second kappa shape index (κ2) is 2.79. The number of hydrogen-bond acceptors (Lipinski definition) is 2. The zero-order valence-corrected chi connectivity index (χ0v) is 7.94. The monoisotopic (exact) mass is 178 g/mol. The summed E-state index contributed by atoms with van der Waals surface area (Å²) in [7, 11) is 1.71. The van der Waals surface area contributed by atoms with E-state index in [9.17, 15) is 0 Å². The van der Waals surface area contributed by atoms with E-state index in [2.05, 4.69) is 31.2 Å². The average molecular weight is 178 g/mol. The van der Waals surface area contributed by atoms with Crippen molar-refractivity contribution in [3.8, 4) is 5.06 Å². The molecule has 62 valence electrons. The van der Waals surface area contributed by atoms with E-state index in [1.54, 1.807) is 18.4 Å². The van der Waals surface area contributed by atoms with Gasteiger partial charge in [0.05, 0.1) is 7.11 Å². The lowest BCUT2D eigenvalue weighted by Crippen LogP contribution is -1.73. The fraction of sp³-hybridized carbons (Fsp3) is 0.200. The van der Waals surface area contributed by atoms with Gasteiger partial charge in [-0.3, -0.25) is 0 Å². The molecule has 0 aliphatic carbocycles. The van der Waals surface area contributed by atoms with Crippen molar-refractivity contribution < 1.29 is 4.74 Å². The molecule has 12 heavy (non-hydrogen) atoms. The van der Waals surface area contributed by atoms with Crippen LogP contribution >= 0.6 is 11.3 Å². The van der Waals surface area contributed by atoms with Gasteiger partial charge in [0.15, 0.2) is 5.06 Å². The minimum atomic E-state index is 0.985. The molecule has 1 nitrogen and oxygen atoms in total. The van der Waals surface area contributed by atoms with Crippen molar-refractivity contribution >= 4 is 21.4 Å². The lowest BCUT2D eigenvalue weighted by atomic mass is 10.2. The standard InChI is InChI=1S/C10H10OS/c1-7-4-3-5-8-6-9(11-2)12-10(7)8/h3-6H,1-2H3. The second-order valence-corrected chi connectivity index (χ2v) is 3.78. The van der Waals surface area contributed by atoms with Gasteiger partial charge in [0.25, 0.3) is 0 Å². The van der Waals surface area contributed by atoms with Gasteiger partial charge in [-0.1, -0.05) is 29.5 Å². The molecule has 0 amide bonds. The van der Waals surface area contributed by atoms with Crippen LogP contribution < -0.4 is 4.74 Å². The van der Waals surface area contributed by atoms with Crippen LogP contribution in [0.3, 0.4) is 0 Å². The van der Waals surface area contributed by atoms with E-state index in [-0.39, 0.29) is 0 Å². The number of aryl methyl sites for hydroxylation is 1. The molecule has 0 fully saturated rings. The Morgan fingerprint density at radius 3 is 2.83 bits per heavy atom. The summed E-state index contributed by atoms with van der Waals surface area (Å²) in [4.78, 5) is 0. The summed E-state index contributed by atoms with van der Waals surface area (Å²) < 4.78 is 6.50. The third-order valence-corrected chi connectivity index (χ3v) is 3.17. The molecule has 0 spiro atoms. The fourth-order valence-corrected chi connectivity index (χ4v) is 2.23. The molecule has 2 heteroatoms. The van der Waals surface area contributed by atoms with Gasteiger partial charge in [0.2, 0.25) is 0 Å². The number of rotatable bonds is 1. The van der Waals surface area contributed by atoms with Gasteiger partial charge in [-0.25, -0.2) is 0 Å². The largest absolute Gasteiger partial charge is 0.487 e. The number of ether oxygens (including phenoxy) is 1. The zero-order chi connectivity index (χ0) is 8.55. The van der Waals surface area contributed by atoms with Crippen LogP contribution in [0.1, 0.15) is 5.56 Å². The molecule has 0 bridgehead atoms. The Hall–Kier alpha value is -1.02. The number of benzene rings is 1. The SMILES string of the molecule is COc1cc2cccc(C)c2s1. The average Bonchev–Trinajstić information content (AvgIpc) is 2.49. The number of thiophene rings is 1. The van der Waals surface area contributed by atoms with Gasteiger partial charge in [-0.15, -0.1) is 0 Å². The minimum absolute atomic E-state index is 0.985. The normalized spacial score (nSPS) is 10.5. The van der Waals surface area contributed by atoms with Crippen LogP contribution in [0.5, 0.6) is 5.06 Å². The molecule has 0 aliphatic heterocycles. The highest BCUT2D eigenvalue weighted by atomic mass is 32.1. The summed E-state index contributed by atoms with van der Waals surface area (Å²) in [6, 6.07) is 8.39. The minimum Gasteiger partial charge on any atom is -0.487 e. The Morgan fingerprint density at radius 1 is 1.33 bits per heavy atom. The molecule has 1 aromatic carbocycles. The molecule has 0 atom stereocenters. The van der Waals surface area contributed by atoms with Crippen molar-refractivity contribution in [1.82, 2.24) is 0 Å². The van der Waals surface area contributed by atoms with Crippen LogP contribution in [0.2, 0.25) is 0 Å². The third kappa shape index (κ3) is 1.08. The summed E-state index contributed by atoms with van der Waals surface area (Å²) in [5.41, 5.74) is 1.32. The Balaban J connectivity index is 2.74. The highest BCUT2D eigenvalue weighted by molar-refractivity contribution is 7.20. The Bertz CT molecular complexity index is 403. The first-order valence-electron chi connectivity index (χ1n) is 3.84. The maximum atomic E-state index is 5.17. The summed E-state index contributed by atoms with van der Waals surface area (Å²) >= 11 is 1.70. The van der Waals surface area contributed by atoms with Crippen molar-refractivity contribution in [3.63, 3.8) is 0 Å². The van der Waals surface area contributed by atoms with E-state index in [1.165, 1.54) is 15.6 Å². The highest BCUT2D eigenvalue weighted by Crippen LogP contribution is 2.33. The molecule has 2 aromatic rings. The van der Waals surface area contributed by atoms with Crippen molar-refractivity contribution in [2.24, 2.45) is 0 Å². The molecule has 2 rings (SSSR count). The maximum absolute atomic E-state index is 5.17. The predicted molar refractivity (Wildman–Crippen MR) is 53.1 cm³/mol. The van der Waals surface area contributed by atoms with E-state index in [0.717, 1.165) is 5.06 Å². The summed E-state index contributed by atoms with van der Waals surface area (Å²) in [6.45, 7) is 2.12. The van der Waals surface area contributed by atoms with Crippen LogP contribution in [-0.2, 0) is 0 Å². The van der Waals surface area contributed by atoms with E-state index < -0.39 is 0 Å². The first-order chi connectivity index (χ1) is 5.81. The van der Waals surface area contributed by atoms with Crippen LogP contribution in [0.15, 0.2) is 24.3 Å². The molecule has 1 aromatic heterocycles. The van der Waals surface area contributed by atoms with Crippen LogP contribution in [0.4, 0.5) is 0 Å². The maximum Gasteiger partial charge on any atom is 0.174 e. The summed E-state index contributed by atoms with van der Waals surface area (Å²) in [5, 5.41) is 2.26. The van der Waals surface area contributed by atoms with Gasteiger partial charge < -0.3 is 4.74 Å². The molecular formula is C10H10OS. The third-order valence-electron chi connectivity index (χ3n) is 1.92. The molecule has 0 saturated heterocycles. The van der Waals surface area contributed by atoms with Gasteiger partial charge in [-0.05, 0) is 23.9 Å². The van der Waals surface area contributed by atoms with Crippen LogP contribution in [0, 0.1) is 6.92 Å². The quantitative estimate of drug-likeness (QED) is 0.651. The number of methoxy groups -OCH3 is 1.